The van der Waals surface area contributed by atoms with E-state index in [4.69, 9.17) is 14.2 Å². The molecule has 0 saturated heterocycles. The highest BCUT2D eigenvalue weighted by atomic mass is 16.5. The first-order valence-corrected chi connectivity index (χ1v) is 8.96. The minimum Gasteiger partial charge on any atom is -0.461 e. The van der Waals surface area contributed by atoms with E-state index in [0.29, 0.717) is 24.7 Å². The molecule has 0 saturated carbocycles. The van der Waals surface area contributed by atoms with Crippen LogP contribution in [0.15, 0.2) is 44.0 Å². The summed E-state index contributed by atoms with van der Waals surface area (Å²) in [4.78, 5) is 41.8. The Morgan fingerprint density at radius 2 is 1.10 bits per heavy atom. The number of carbonyl (C=O) groups excluding carboxylic acids is 3. The molecule has 0 atom stereocenters. The Morgan fingerprint density at radius 3 is 1.47 bits per heavy atom. The average molecular weight is 419 g/mol. The zero-order valence-corrected chi connectivity index (χ0v) is 16.5. The van der Waals surface area contributed by atoms with Crippen LogP contribution in [0.3, 0.4) is 0 Å². The third kappa shape index (κ3) is 10.4. The number of ether oxygens (including phenoxy) is 3. The summed E-state index contributed by atoms with van der Waals surface area (Å²) < 4.78 is 14.7. The van der Waals surface area contributed by atoms with Gasteiger partial charge in [-0.15, -0.1) is 0 Å². The van der Waals surface area contributed by atoms with Gasteiger partial charge in [0.1, 0.15) is 31.5 Å². The van der Waals surface area contributed by atoms with E-state index >= 15 is 0 Å². The maximum Gasteiger partial charge on any atom is 0.330 e. The van der Waals surface area contributed by atoms with Crippen molar-refractivity contribution < 1.29 is 28.6 Å². The van der Waals surface area contributed by atoms with Gasteiger partial charge in [-0.1, -0.05) is 19.7 Å². The highest BCUT2D eigenvalue weighted by Gasteiger charge is 2.06. The van der Waals surface area contributed by atoms with Gasteiger partial charge in [-0.2, -0.15) is 9.97 Å². The van der Waals surface area contributed by atoms with Crippen LogP contribution in [-0.4, -0.2) is 67.3 Å². The van der Waals surface area contributed by atoms with Gasteiger partial charge < -0.3 is 30.2 Å². The topological polar surface area (TPSA) is 141 Å². The fourth-order valence-corrected chi connectivity index (χ4v) is 1.86. The van der Waals surface area contributed by atoms with Crippen molar-refractivity contribution in [3.63, 3.8) is 0 Å². The maximum absolute atomic E-state index is 11.1. The van der Waals surface area contributed by atoms with Crippen LogP contribution in [0.2, 0.25) is 0 Å². The number of esters is 3. The molecular formula is C19H25N5O6. The van der Waals surface area contributed by atoms with Crippen molar-refractivity contribution in [2.24, 2.45) is 0 Å². The second-order valence-electron chi connectivity index (χ2n) is 5.36. The molecule has 0 aliphatic heterocycles. The van der Waals surface area contributed by atoms with E-state index in [1.54, 1.807) is 6.07 Å². The standard InChI is InChI=1S/C19H25N5O6/c1-4-16(25)28-10-7-20-14-13-15(21-8-11-29-17(26)5-2)24-19(23-14)22-9-12-30-18(27)6-3/h4-6,13H,1-3,7-12H2,(H3,20,21,22,23,24). The van der Waals surface area contributed by atoms with E-state index in [0.717, 1.165) is 18.2 Å². The Hall–Kier alpha value is -3.89. The molecule has 0 spiro atoms. The highest BCUT2D eigenvalue weighted by molar-refractivity contribution is 5.81. The normalized spacial score (nSPS) is 9.60. The van der Waals surface area contributed by atoms with Gasteiger partial charge in [0.25, 0.3) is 0 Å². The first-order chi connectivity index (χ1) is 14.5. The molecule has 1 rings (SSSR count). The molecule has 0 aliphatic carbocycles. The van der Waals surface area contributed by atoms with Crippen molar-refractivity contribution in [2.75, 3.05) is 55.4 Å². The summed E-state index contributed by atoms with van der Waals surface area (Å²) in [6.07, 6.45) is 3.22. The van der Waals surface area contributed by atoms with Crippen LogP contribution in [0, 0.1) is 0 Å². The molecule has 1 heterocycles. The second-order valence-corrected chi connectivity index (χ2v) is 5.36. The molecule has 1 aromatic rings. The Kier molecular flexibility index (Phi) is 11.4. The average Bonchev–Trinajstić information content (AvgIpc) is 2.76. The molecular weight excluding hydrogens is 394 g/mol. The van der Waals surface area contributed by atoms with Crippen LogP contribution >= 0.6 is 0 Å². The minimum atomic E-state index is -0.529. The number of rotatable bonds is 15. The fourth-order valence-electron chi connectivity index (χ4n) is 1.86. The van der Waals surface area contributed by atoms with Crippen LogP contribution in [0.1, 0.15) is 0 Å². The van der Waals surface area contributed by atoms with Gasteiger partial charge in [-0.25, -0.2) is 14.4 Å². The first-order valence-electron chi connectivity index (χ1n) is 8.96. The van der Waals surface area contributed by atoms with E-state index in [2.05, 4.69) is 45.7 Å². The zero-order chi connectivity index (χ0) is 22.2. The predicted molar refractivity (Wildman–Crippen MR) is 111 cm³/mol. The van der Waals surface area contributed by atoms with Crippen molar-refractivity contribution in [2.45, 2.75) is 0 Å². The van der Waals surface area contributed by atoms with Gasteiger partial charge in [0, 0.05) is 24.3 Å². The van der Waals surface area contributed by atoms with Crippen LogP contribution in [0.4, 0.5) is 17.6 Å². The number of hydrogen-bond donors (Lipinski definition) is 3. The maximum atomic E-state index is 11.1. The van der Waals surface area contributed by atoms with E-state index in [-0.39, 0.29) is 32.3 Å². The van der Waals surface area contributed by atoms with Crippen LogP contribution in [0.25, 0.3) is 0 Å². The number of hydrogen-bond acceptors (Lipinski definition) is 11. The van der Waals surface area contributed by atoms with E-state index < -0.39 is 17.9 Å². The van der Waals surface area contributed by atoms with Gasteiger partial charge in [-0.05, 0) is 0 Å². The van der Waals surface area contributed by atoms with Crippen molar-refractivity contribution in [1.29, 1.82) is 0 Å². The smallest absolute Gasteiger partial charge is 0.330 e. The Labute approximate surface area is 174 Å². The largest absolute Gasteiger partial charge is 0.461 e. The molecule has 0 bridgehead atoms. The van der Waals surface area contributed by atoms with Crippen molar-refractivity contribution in [3.8, 4) is 0 Å². The molecule has 0 aliphatic rings. The quantitative estimate of drug-likeness (QED) is 0.162. The monoisotopic (exact) mass is 419 g/mol. The van der Waals surface area contributed by atoms with Gasteiger partial charge in [-0.3, -0.25) is 0 Å². The summed E-state index contributed by atoms with van der Waals surface area (Å²) in [6, 6.07) is 1.63. The Morgan fingerprint density at radius 1 is 0.733 bits per heavy atom. The SMILES string of the molecule is C=CC(=O)OCCNc1cc(NCCOC(=O)C=C)nc(NCCOC(=O)C=C)n1. The third-order valence-electron chi connectivity index (χ3n) is 3.16. The summed E-state index contributed by atoms with van der Waals surface area (Å²) in [7, 11) is 0. The van der Waals surface area contributed by atoms with E-state index in [1.807, 2.05) is 0 Å². The fraction of sp³-hybridized carbons (Fsp3) is 0.316. The molecule has 0 fully saturated rings. The van der Waals surface area contributed by atoms with Crippen LogP contribution in [-0.2, 0) is 28.6 Å². The van der Waals surface area contributed by atoms with Crippen LogP contribution in [0.5, 0.6) is 0 Å². The number of nitrogens with zero attached hydrogens (tertiary/aromatic N) is 2. The molecule has 0 unspecified atom stereocenters. The lowest BCUT2D eigenvalue weighted by Gasteiger charge is -2.12. The number of carbonyl (C=O) groups is 3. The van der Waals surface area contributed by atoms with Crippen LogP contribution < -0.4 is 16.0 Å². The Bertz CT molecular complexity index is 655. The minimum absolute atomic E-state index is 0.101. The summed E-state index contributed by atoms with van der Waals surface area (Å²) in [6.45, 7) is 11.2. The molecule has 0 radical (unpaired) electrons. The molecule has 3 N–H and O–H groups in total. The summed E-state index contributed by atoms with van der Waals surface area (Å²) in [5, 5.41) is 8.93. The second kappa shape index (κ2) is 14.2. The van der Waals surface area contributed by atoms with E-state index in [1.165, 1.54) is 0 Å². The number of nitrogens with one attached hydrogen (secondary N) is 3. The lowest BCUT2D eigenvalue weighted by molar-refractivity contribution is -0.138. The highest BCUT2D eigenvalue weighted by Crippen LogP contribution is 2.14. The van der Waals surface area contributed by atoms with E-state index in [9.17, 15) is 14.4 Å². The molecule has 30 heavy (non-hydrogen) atoms. The van der Waals surface area contributed by atoms with Crippen molar-refractivity contribution in [3.05, 3.63) is 44.0 Å². The first kappa shape index (κ1) is 24.1. The third-order valence-corrected chi connectivity index (χ3v) is 3.16. The van der Waals surface area contributed by atoms with Crippen molar-refractivity contribution in [1.82, 2.24) is 9.97 Å². The zero-order valence-electron chi connectivity index (χ0n) is 16.5. The number of anilines is 3. The Balaban J connectivity index is 2.65. The molecule has 11 nitrogen and oxygen atoms in total. The molecule has 1 aromatic heterocycles. The van der Waals surface area contributed by atoms with Gasteiger partial charge in [0.05, 0.1) is 19.6 Å². The lowest BCUT2D eigenvalue weighted by Crippen LogP contribution is -2.18. The summed E-state index contributed by atoms with van der Waals surface area (Å²) in [5.41, 5.74) is 0. The van der Waals surface area contributed by atoms with Gasteiger partial charge in [0.2, 0.25) is 5.95 Å². The molecule has 11 heteroatoms. The number of aromatic nitrogens is 2. The summed E-state index contributed by atoms with van der Waals surface area (Å²) in [5.74, 6) is -0.395. The van der Waals surface area contributed by atoms with Gasteiger partial charge >= 0.3 is 17.9 Å². The molecule has 0 aromatic carbocycles. The molecule has 162 valence electrons. The van der Waals surface area contributed by atoms with Gasteiger partial charge in [0.15, 0.2) is 0 Å². The van der Waals surface area contributed by atoms with Crippen molar-refractivity contribution >= 4 is 35.5 Å². The molecule has 0 amide bonds. The predicted octanol–water partition coefficient (Wildman–Crippen LogP) is 0.900. The summed E-state index contributed by atoms with van der Waals surface area (Å²) >= 11 is 0. The lowest BCUT2D eigenvalue weighted by atomic mass is 10.4.